The van der Waals surface area contributed by atoms with Crippen molar-refractivity contribution < 1.29 is 23.5 Å². The van der Waals surface area contributed by atoms with Crippen molar-refractivity contribution in [1.82, 2.24) is 5.32 Å². The number of fused-ring (bicyclic) bond motifs is 2. The highest BCUT2D eigenvalue weighted by Crippen LogP contribution is 2.52. The van der Waals surface area contributed by atoms with Gasteiger partial charge in [-0.15, -0.1) is 0 Å². The van der Waals surface area contributed by atoms with Crippen LogP contribution in [0.5, 0.6) is 5.75 Å². The number of ether oxygens (including phenoxy) is 2. The zero-order valence-electron chi connectivity index (χ0n) is 22.0. The van der Waals surface area contributed by atoms with Crippen LogP contribution in [0.4, 0.5) is 4.39 Å². The molecule has 5 nitrogen and oxygen atoms in total. The van der Waals surface area contributed by atoms with Crippen LogP contribution in [0.15, 0.2) is 12.1 Å². The van der Waals surface area contributed by atoms with E-state index in [9.17, 15) is 9.59 Å². The van der Waals surface area contributed by atoms with Crippen LogP contribution in [0, 0.1) is 29.0 Å². The summed E-state index contributed by atoms with van der Waals surface area (Å²) in [5.74, 6) is 1.46. The molecule has 3 fully saturated rings. The molecule has 3 aliphatic carbocycles. The van der Waals surface area contributed by atoms with E-state index in [1.54, 1.807) is 26.8 Å². The largest absolute Gasteiger partial charge is 0.493 e. The maximum atomic E-state index is 15.1. The Morgan fingerprint density at radius 1 is 1.11 bits per heavy atom. The van der Waals surface area contributed by atoms with Gasteiger partial charge in [0.1, 0.15) is 23.7 Å². The van der Waals surface area contributed by atoms with Gasteiger partial charge < -0.3 is 14.8 Å². The van der Waals surface area contributed by atoms with Crippen LogP contribution in [0.3, 0.4) is 0 Å². The number of hydrogen-bond donors (Lipinski definition) is 1. The van der Waals surface area contributed by atoms with Gasteiger partial charge in [-0.25, -0.2) is 4.39 Å². The maximum absolute atomic E-state index is 15.1. The number of benzene rings is 1. The first-order valence-corrected chi connectivity index (χ1v) is 13.4. The summed E-state index contributed by atoms with van der Waals surface area (Å²) in [6.07, 6.45) is 9.46. The summed E-state index contributed by atoms with van der Waals surface area (Å²) in [6, 6.07) is 3.01. The second-order valence-corrected chi connectivity index (χ2v) is 12.5. The molecule has 3 saturated carbocycles. The lowest BCUT2D eigenvalue weighted by Crippen LogP contribution is -2.41. The number of rotatable bonds is 8. The third kappa shape index (κ3) is 6.56. The molecule has 1 aromatic rings. The number of nitrogens with one attached hydrogen (secondary N) is 1. The second kappa shape index (κ2) is 10.1. The first-order chi connectivity index (χ1) is 16.5. The number of hydrogen-bond acceptors (Lipinski definition) is 4. The highest BCUT2D eigenvalue weighted by molar-refractivity contribution is 5.96. The van der Waals surface area contributed by atoms with Crippen molar-refractivity contribution in [2.75, 3.05) is 13.2 Å². The van der Waals surface area contributed by atoms with Crippen molar-refractivity contribution in [3.05, 3.63) is 29.1 Å². The van der Waals surface area contributed by atoms with Crippen molar-refractivity contribution in [1.29, 1.82) is 0 Å². The van der Waals surface area contributed by atoms with Crippen molar-refractivity contribution in [2.45, 2.75) is 97.5 Å². The van der Waals surface area contributed by atoms with E-state index in [1.807, 2.05) is 0 Å². The zero-order chi connectivity index (χ0) is 25.4. The van der Waals surface area contributed by atoms with Gasteiger partial charge >= 0.3 is 5.97 Å². The summed E-state index contributed by atoms with van der Waals surface area (Å²) in [7, 11) is 0. The van der Waals surface area contributed by atoms with Crippen LogP contribution in [-0.4, -0.2) is 30.6 Å². The van der Waals surface area contributed by atoms with Crippen LogP contribution in [0.25, 0.3) is 0 Å². The van der Waals surface area contributed by atoms with E-state index in [4.69, 9.17) is 9.47 Å². The van der Waals surface area contributed by atoms with E-state index < -0.39 is 23.3 Å². The predicted octanol–water partition coefficient (Wildman–Crippen LogP) is 6.40. The predicted molar refractivity (Wildman–Crippen MR) is 134 cm³/mol. The Balaban J connectivity index is 1.45. The van der Waals surface area contributed by atoms with Gasteiger partial charge in [0.25, 0.3) is 5.91 Å². The first-order valence-electron chi connectivity index (χ1n) is 13.4. The lowest BCUT2D eigenvalue weighted by atomic mass is 9.58. The fraction of sp³-hybridized carbons (Fsp3) is 0.724. The van der Waals surface area contributed by atoms with Gasteiger partial charge in [-0.2, -0.15) is 0 Å². The number of amides is 1. The molecule has 1 N–H and O–H groups in total. The minimum Gasteiger partial charge on any atom is -0.493 e. The first kappa shape index (κ1) is 26.0. The maximum Gasteiger partial charge on any atom is 0.325 e. The van der Waals surface area contributed by atoms with Gasteiger partial charge in [0, 0.05) is 11.5 Å². The van der Waals surface area contributed by atoms with E-state index in [0.717, 1.165) is 42.6 Å². The van der Waals surface area contributed by atoms with Gasteiger partial charge in [-0.3, -0.25) is 9.59 Å². The molecule has 0 aliphatic heterocycles. The molecule has 0 radical (unpaired) electrons. The molecule has 0 aromatic heterocycles. The summed E-state index contributed by atoms with van der Waals surface area (Å²) >= 11 is 0. The van der Waals surface area contributed by atoms with Gasteiger partial charge in [-0.1, -0.05) is 13.8 Å². The highest BCUT2D eigenvalue weighted by Gasteiger charge is 2.43. The van der Waals surface area contributed by atoms with Crippen LogP contribution >= 0.6 is 0 Å². The minimum atomic E-state index is -0.643. The average molecular weight is 488 g/mol. The Kier molecular flexibility index (Phi) is 7.49. The van der Waals surface area contributed by atoms with Gasteiger partial charge in [0.2, 0.25) is 0 Å². The highest BCUT2D eigenvalue weighted by atomic mass is 19.1. The molecule has 0 heterocycles. The zero-order valence-corrected chi connectivity index (χ0v) is 22.0. The van der Waals surface area contributed by atoms with Gasteiger partial charge in [0.05, 0.1) is 12.2 Å². The smallest absolute Gasteiger partial charge is 0.325 e. The molecule has 1 aromatic carbocycles. The number of halogens is 1. The summed E-state index contributed by atoms with van der Waals surface area (Å²) < 4.78 is 26.7. The normalized spacial score (nSPS) is 28.3. The monoisotopic (exact) mass is 487 g/mol. The quantitative estimate of drug-likeness (QED) is 0.431. The lowest BCUT2D eigenvalue weighted by Gasteiger charge is -2.48. The van der Waals surface area contributed by atoms with Crippen LogP contribution in [0.1, 0.15) is 108 Å². The average Bonchev–Trinajstić information content (AvgIpc) is 3.59. The van der Waals surface area contributed by atoms with Crippen LogP contribution in [-0.2, 0) is 9.53 Å². The number of carbonyl (C=O) groups excluding carboxylic acids is 2. The van der Waals surface area contributed by atoms with Crippen molar-refractivity contribution in [3.8, 4) is 5.75 Å². The van der Waals surface area contributed by atoms with Crippen molar-refractivity contribution in [3.63, 3.8) is 0 Å². The summed E-state index contributed by atoms with van der Waals surface area (Å²) in [6.45, 7) is 10.2. The molecule has 35 heavy (non-hydrogen) atoms. The molecule has 2 atom stereocenters. The topological polar surface area (TPSA) is 64.6 Å². The Morgan fingerprint density at radius 2 is 1.77 bits per heavy atom. The molecule has 2 bridgehead atoms. The molecule has 1 amide bonds. The van der Waals surface area contributed by atoms with Crippen LogP contribution < -0.4 is 10.1 Å². The van der Waals surface area contributed by atoms with Crippen molar-refractivity contribution in [2.24, 2.45) is 23.2 Å². The van der Waals surface area contributed by atoms with Crippen molar-refractivity contribution >= 4 is 11.9 Å². The Hall–Kier alpha value is -2.11. The molecule has 4 rings (SSSR count). The standard InChI is InChI=1S/C29H42FNO4/c1-6-29(14-19-9-18(2)10-20(11-19)15-29)17-34-25-13-24(30)23(12-22(25)21-7-8-21)27(33)31-16-26(32)35-28(3,4)5/h12-13,18-21H,6-11,14-17H2,1-5H3,(H,31,33). The van der Waals surface area contributed by atoms with Gasteiger partial charge in [-0.05, 0) is 107 Å². The van der Waals surface area contributed by atoms with Gasteiger partial charge in [0.15, 0.2) is 0 Å². The van der Waals surface area contributed by atoms with E-state index in [2.05, 4.69) is 19.2 Å². The summed E-state index contributed by atoms with van der Waals surface area (Å²) in [5, 5.41) is 2.50. The molecular weight excluding hydrogens is 445 g/mol. The number of carbonyl (C=O) groups is 2. The second-order valence-electron chi connectivity index (χ2n) is 12.5. The molecule has 2 unspecified atom stereocenters. The van der Waals surface area contributed by atoms with E-state index in [-0.39, 0.29) is 17.5 Å². The molecular formula is C29H42FNO4. The molecule has 0 saturated heterocycles. The fourth-order valence-corrected chi connectivity index (χ4v) is 6.49. The van der Waals surface area contributed by atoms with E-state index in [0.29, 0.717) is 18.3 Å². The third-order valence-corrected chi connectivity index (χ3v) is 8.04. The summed E-state index contributed by atoms with van der Waals surface area (Å²) in [4.78, 5) is 24.6. The molecule has 0 spiro atoms. The molecule has 3 aliphatic rings. The summed E-state index contributed by atoms with van der Waals surface area (Å²) in [5.41, 5.74) is 0.365. The lowest BCUT2D eigenvalue weighted by molar-refractivity contribution is -0.153. The minimum absolute atomic E-state index is 0.0470. The number of esters is 1. The Bertz CT molecular complexity index is 931. The fourth-order valence-electron chi connectivity index (χ4n) is 6.49. The van der Waals surface area contributed by atoms with Crippen LogP contribution in [0.2, 0.25) is 0 Å². The molecule has 194 valence electrons. The SMILES string of the molecule is CCC1(COc2cc(F)c(C(=O)NCC(=O)OC(C)(C)C)cc2C2CC2)CC2CC(C)CC(C2)C1. The Morgan fingerprint density at radius 3 is 2.34 bits per heavy atom. The van der Waals surface area contributed by atoms with E-state index in [1.165, 1.54) is 38.2 Å². The third-order valence-electron chi connectivity index (χ3n) is 8.04. The molecule has 6 heteroatoms. The Labute approximate surface area is 209 Å². The van der Waals surface area contributed by atoms with E-state index >= 15 is 4.39 Å².